The van der Waals surface area contributed by atoms with Gasteiger partial charge in [0.2, 0.25) is 0 Å². The number of halogens is 2. The summed E-state index contributed by atoms with van der Waals surface area (Å²) in [6, 6.07) is 6.63. The van der Waals surface area contributed by atoms with Crippen LogP contribution in [-0.4, -0.2) is 27.7 Å². The quantitative estimate of drug-likeness (QED) is 0.699. The van der Waals surface area contributed by atoms with Gasteiger partial charge in [0.15, 0.2) is 11.4 Å². The van der Waals surface area contributed by atoms with E-state index in [1.54, 1.807) is 30.5 Å². The number of pyridine rings is 1. The lowest BCUT2D eigenvalue weighted by molar-refractivity contribution is 0.101. The van der Waals surface area contributed by atoms with E-state index >= 15 is 0 Å². The summed E-state index contributed by atoms with van der Waals surface area (Å²) < 4.78 is 5.41. The number of benzene rings is 1. The number of carbonyl (C=O) groups excluding carboxylic acids is 1. The fourth-order valence-electron chi connectivity index (χ4n) is 2.12. The molecular formula is C15H12Cl2N4O2. The van der Waals surface area contributed by atoms with Crippen LogP contribution in [0.25, 0.3) is 10.9 Å². The van der Waals surface area contributed by atoms with Gasteiger partial charge >= 0.3 is 0 Å². The molecule has 1 amide bonds. The second-order valence-electron chi connectivity index (χ2n) is 4.63. The van der Waals surface area contributed by atoms with Gasteiger partial charge in [-0.1, -0.05) is 23.2 Å². The Morgan fingerprint density at radius 2 is 2.13 bits per heavy atom. The van der Waals surface area contributed by atoms with Gasteiger partial charge in [0, 0.05) is 5.39 Å². The fraction of sp³-hybridized carbons (Fsp3) is 0.133. The van der Waals surface area contributed by atoms with Crippen molar-refractivity contribution in [2.45, 2.75) is 6.92 Å². The molecule has 0 fully saturated rings. The SMILES string of the molecule is CCOc1ccc(Cl)nc1C(=O)Nc1ccc2[nH]ncc2c1Cl. The van der Waals surface area contributed by atoms with Gasteiger partial charge in [-0.05, 0) is 31.2 Å². The molecule has 0 aliphatic rings. The molecule has 0 spiro atoms. The maximum absolute atomic E-state index is 12.5. The monoisotopic (exact) mass is 350 g/mol. The van der Waals surface area contributed by atoms with Gasteiger partial charge in [-0.2, -0.15) is 5.10 Å². The first kappa shape index (κ1) is 15.6. The molecule has 2 aromatic heterocycles. The van der Waals surface area contributed by atoms with E-state index in [9.17, 15) is 4.79 Å². The first-order valence-electron chi connectivity index (χ1n) is 6.82. The Hall–Kier alpha value is -2.31. The van der Waals surface area contributed by atoms with Crippen molar-refractivity contribution in [2.24, 2.45) is 0 Å². The van der Waals surface area contributed by atoms with Crippen molar-refractivity contribution >= 4 is 45.7 Å². The van der Waals surface area contributed by atoms with E-state index in [1.807, 2.05) is 6.92 Å². The normalized spacial score (nSPS) is 10.7. The first-order chi connectivity index (χ1) is 11.1. The van der Waals surface area contributed by atoms with Gasteiger partial charge in [0.05, 0.1) is 29.0 Å². The molecular weight excluding hydrogens is 339 g/mol. The Bertz CT molecular complexity index is 879. The highest BCUT2D eigenvalue weighted by Gasteiger charge is 2.17. The van der Waals surface area contributed by atoms with Gasteiger partial charge in [0.25, 0.3) is 5.91 Å². The van der Waals surface area contributed by atoms with Crippen LogP contribution < -0.4 is 10.1 Å². The molecule has 0 unspecified atom stereocenters. The van der Waals surface area contributed by atoms with Gasteiger partial charge in [-0.15, -0.1) is 0 Å². The Morgan fingerprint density at radius 1 is 1.30 bits per heavy atom. The summed E-state index contributed by atoms with van der Waals surface area (Å²) in [7, 11) is 0. The van der Waals surface area contributed by atoms with Crippen LogP contribution in [0, 0.1) is 0 Å². The standard InChI is InChI=1S/C15H12Cl2N4O2/c1-2-23-11-5-6-12(16)20-14(11)15(22)19-10-4-3-9-8(13(10)17)7-18-21-9/h3-7H,2H2,1H3,(H,18,21)(H,19,22). The second kappa shape index (κ2) is 6.44. The van der Waals surface area contributed by atoms with Gasteiger partial charge in [-0.3, -0.25) is 9.89 Å². The number of ether oxygens (including phenoxy) is 1. The Labute approximate surface area is 141 Å². The fourth-order valence-corrected chi connectivity index (χ4v) is 2.53. The molecule has 2 heterocycles. The molecule has 8 heteroatoms. The van der Waals surface area contributed by atoms with Crippen molar-refractivity contribution < 1.29 is 9.53 Å². The molecule has 6 nitrogen and oxygen atoms in total. The Kier molecular flexibility index (Phi) is 4.36. The third kappa shape index (κ3) is 3.09. The number of carbonyl (C=O) groups is 1. The molecule has 0 aliphatic heterocycles. The minimum Gasteiger partial charge on any atom is -0.491 e. The van der Waals surface area contributed by atoms with Crippen LogP contribution in [0.5, 0.6) is 5.75 Å². The maximum Gasteiger partial charge on any atom is 0.278 e. The molecule has 0 bridgehead atoms. The molecule has 0 radical (unpaired) electrons. The Morgan fingerprint density at radius 3 is 2.91 bits per heavy atom. The summed E-state index contributed by atoms with van der Waals surface area (Å²) in [5, 5.41) is 10.8. The van der Waals surface area contributed by atoms with E-state index < -0.39 is 5.91 Å². The number of hydrogen-bond acceptors (Lipinski definition) is 4. The lowest BCUT2D eigenvalue weighted by Gasteiger charge is -2.11. The zero-order valence-electron chi connectivity index (χ0n) is 12.1. The number of anilines is 1. The van der Waals surface area contributed by atoms with E-state index in [-0.39, 0.29) is 10.8 Å². The van der Waals surface area contributed by atoms with E-state index in [1.165, 1.54) is 0 Å². The van der Waals surface area contributed by atoms with Crippen LogP contribution in [0.3, 0.4) is 0 Å². The number of nitrogens with one attached hydrogen (secondary N) is 2. The third-order valence-corrected chi connectivity index (χ3v) is 3.76. The molecule has 3 rings (SSSR count). The summed E-state index contributed by atoms with van der Waals surface area (Å²) in [6.45, 7) is 2.23. The lowest BCUT2D eigenvalue weighted by atomic mass is 10.2. The van der Waals surface area contributed by atoms with Crippen LogP contribution in [0.4, 0.5) is 5.69 Å². The molecule has 3 aromatic rings. The summed E-state index contributed by atoms with van der Waals surface area (Å²) in [5.74, 6) is -0.101. The van der Waals surface area contributed by atoms with Crippen molar-refractivity contribution in [3.63, 3.8) is 0 Å². The van der Waals surface area contributed by atoms with Gasteiger partial charge in [0.1, 0.15) is 5.15 Å². The number of amides is 1. The number of hydrogen-bond donors (Lipinski definition) is 2. The molecule has 0 saturated carbocycles. The molecule has 0 atom stereocenters. The predicted molar refractivity (Wildman–Crippen MR) is 89.5 cm³/mol. The number of fused-ring (bicyclic) bond motifs is 1. The highest BCUT2D eigenvalue weighted by Crippen LogP contribution is 2.30. The van der Waals surface area contributed by atoms with Crippen LogP contribution in [0.1, 0.15) is 17.4 Å². The van der Waals surface area contributed by atoms with Crippen molar-refractivity contribution in [1.29, 1.82) is 0 Å². The van der Waals surface area contributed by atoms with Crippen molar-refractivity contribution in [3.05, 3.63) is 46.3 Å². The minimum atomic E-state index is -0.458. The first-order valence-corrected chi connectivity index (χ1v) is 7.58. The predicted octanol–water partition coefficient (Wildman–Crippen LogP) is 3.92. The maximum atomic E-state index is 12.5. The molecule has 0 aliphatic carbocycles. The topological polar surface area (TPSA) is 79.9 Å². The zero-order valence-corrected chi connectivity index (χ0v) is 13.6. The average Bonchev–Trinajstić information content (AvgIpc) is 3.01. The van der Waals surface area contributed by atoms with Crippen molar-refractivity contribution in [2.75, 3.05) is 11.9 Å². The zero-order chi connectivity index (χ0) is 16.4. The van der Waals surface area contributed by atoms with E-state index in [0.29, 0.717) is 28.5 Å². The number of aromatic nitrogens is 3. The number of rotatable bonds is 4. The summed E-state index contributed by atoms with van der Waals surface area (Å²) in [6.07, 6.45) is 1.59. The summed E-state index contributed by atoms with van der Waals surface area (Å²) in [5.41, 5.74) is 1.33. The number of H-pyrrole nitrogens is 1. The number of nitrogens with zero attached hydrogens (tertiary/aromatic N) is 2. The highest BCUT2D eigenvalue weighted by atomic mass is 35.5. The van der Waals surface area contributed by atoms with Crippen LogP contribution >= 0.6 is 23.2 Å². The third-order valence-electron chi connectivity index (χ3n) is 3.15. The van der Waals surface area contributed by atoms with Crippen LogP contribution in [0.2, 0.25) is 10.2 Å². The number of aromatic amines is 1. The van der Waals surface area contributed by atoms with E-state index in [0.717, 1.165) is 5.52 Å². The van der Waals surface area contributed by atoms with Crippen molar-refractivity contribution in [3.8, 4) is 5.75 Å². The molecule has 2 N–H and O–H groups in total. The minimum absolute atomic E-state index is 0.0997. The van der Waals surface area contributed by atoms with Gasteiger partial charge in [-0.25, -0.2) is 4.98 Å². The lowest BCUT2D eigenvalue weighted by Crippen LogP contribution is -2.16. The molecule has 0 saturated heterocycles. The van der Waals surface area contributed by atoms with E-state index in [4.69, 9.17) is 27.9 Å². The Balaban J connectivity index is 1.94. The highest BCUT2D eigenvalue weighted by molar-refractivity contribution is 6.38. The second-order valence-corrected chi connectivity index (χ2v) is 5.39. The van der Waals surface area contributed by atoms with E-state index in [2.05, 4.69) is 20.5 Å². The molecule has 1 aromatic carbocycles. The molecule has 118 valence electrons. The molecule has 23 heavy (non-hydrogen) atoms. The van der Waals surface area contributed by atoms with Crippen LogP contribution in [-0.2, 0) is 0 Å². The largest absolute Gasteiger partial charge is 0.491 e. The van der Waals surface area contributed by atoms with Gasteiger partial charge < -0.3 is 10.1 Å². The smallest absolute Gasteiger partial charge is 0.278 e. The summed E-state index contributed by atoms with van der Waals surface area (Å²) in [4.78, 5) is 16.5. The average molecular weight is 351 g/mol. The van der Waals surface area contributed by atoms with Crippen molar-refractivity contribution in [1.82, 2.24) is 15.2 Å². The summed E-state index contributed by atoms with van der Waals surface area (Å²) >= 11 is 12.2. The van der Waals surface area contributed by atoms with Crippen LogP contribution in [0.15, 0.2) is 30.5 Å².